The van der Waals surface area contributed by atoms with Crippen LogP contribution in [0.3, 0.4) is 0 Å². The summed E-state index contributed by atoms with van der Waals surface area (Å²) in [6.07, 6.45) is 0. The molecule has 0 aromatic heterocycles. The minimum Gasteiger partial charge on any atom is -0.320 e. The Hall–Kier alpha value is -0.795. The van der Waals surface area contributed by atoms with E-state index < -0.39 is 0 Å². The number of hydrogen-bond donors (Lipinski definition) is 0. The van der Waals surface area contributed by atoms with Crippen LogP contribution < -0.4 is 5.46 Å². The van der Waals surface area contributed by atoms with Gasteiger partial charge in [-0.15, -0.1) is 0 Å². The number of hydrogen-bond acceptors (Lipinski definition) is 2. The fraction of sp³-hybridized carbons (Fsp3) is 0.667. The van der Waals surface area contributed by atoms with Gasteiger partial charge in [0.1, 0.15) is 0 Å². The lowest BCUT2D eigenvalue weighted by atomic mass is 9.61. The molecule has 0 radical (unpaired) electrons. The zero-order valence-corrected chi connectivity index (χ0v) is 15.2. The van der Waals surface area contributed by atoms with E-state index in [2.05, 4.69) is 95.3 Å². The van der Waals surface area contributed by atoms with E-state index in [-0.39, 0.29) is 0 Å². The Labute approximate surface area is 132 Å². The zero-order chi connectivity index (χ0) is 16.2. The van der Waals surface area contributed by atoms with Gasteiger partial charge in [0.2, 0.25) is 0 Å². The molecule has 0 aliphatic rings. The maximum Gasteiger partial charge on any atom is 0.347 e. The Kier molecular flexibility index (Phi) is 6.95. The summed E-state index contributed by atoms with van der Waals surface area (Å²) in [6, 6.07) is 13.0. The van der Waals surface area contributed by atoms with E-state index in [1.807, 2.05) is 0 Å². The van der Waals surface area contributed by atoms with E-state index >= 15 is 0 Å². The van der Waals surface area contributed by atoms with Gasteiger partial charge >= 0.3 is 6.98 Å². The smallest absolute Gasteiger partial charge is 0.320 e. The topological polar surface area (TPSA) is 6.48 Å². The van der Waals surface area contributed by atoms with Crippen LogP contribution in [-0.4, -0.2) is 40.8 Å². The second kappa shape index (κ2) is 8.00. The highest BCUT2D eigenvalue weighted by atomic mass is 15.3. The van der Waals surface area contributed by atoms with Gasteiger partial charge in [0.15, 0.2) is 0 Å². The summed E-state index contributed by atoms with van der Waals surface area (Å²) in [6.45, 7) is 18.7. The molecule has 1 aromatic rings. The highest BCUT2D eigenvalue weighted by Crippen LogP contribution is 2.17. The van der Waals surface area contributed by atoms with Crippen molar-refractivity contribution < 1.29 is 0 Å². The van der Waals surface area contributed by atoms with Gasteiger partial charge in [-0.05, 0) is 29.6 Å². The Morgan fingerprint density at radius 1 is 0.619 bits per heavy atom. The van der Waals surface area contributed by atoms with Crippen LogP contribution in [0, 0.1) is 0 Å². The van der Waals surface area contributed by atoms with Crippen LogP contribution >= 0.6 is 0 Å². The molecule has 0 N–H and O–H groups in total. The minimum absolute atomic E-state index is 0.325. The Bertz CT molecular complexity index is 365. The average Bonchev–Trinajstić information content (AvgIpc) is 2.37. The summed E-state index contributed by atoms with van der Waals surface area (Å²) in [7, 11) is 0. The van der Waals surface area contributed by atoms with Gasteiger partial charge in [-0.25, -0.2) is 0 Å². The summed E-state index contributed by atoms with van der Waals surface area (Å²) in [5, 5.41) is 0. The Morgan fingerprint density at radius 3 is 1.24 bits per heavy atom. The standard InChI is InChI=1S/C18H33BN2/c1-14(2)20(15(3)4)19(18-12-10-9-11-13-18)21(16(5)6)17(7)8/h9-17H,1-8H3. The first-order chi connectivity index (χ1) is 9.77. The lowest BCUT2D eigenvalue weighted by Gasteiger charge is -2.45. The van der Waals surface area contributed by atoms with E-state index in [0.717, 1.165) is 0 Å². The quantitative estimate of drug-likeness (QED) is 0.707. The van der Waals surface area contributed by atoms with Crippen molar-refractivity contribution in [3.63, 3.8) is 0 Å². The number of rotatable bonds is 7. The van der Waals surface area contributed by atoms with Crippen molar-refractivity contribution in [1.82, 2.24) is 9.62 Å². The highest BCUT2D eigenvalue weighted by molar-refractivity contribution is 6.68. The molecule has 0 saturated carbocycles. The van der Waals surface area contributed by atoms with Crippen LogP contribution in [0.25, 0.3) is 0 Å². The molecule has 0 aliphatic carbocycles. The molecule has 0 saturated heterocycles. The van der Waals surface area contributed by atoms with Gasteiger partial charge in [0, 0.05) is 0 Å². The molecular formula is C18H33BN2. The zero-order valence-electron chi connectivity index (χ0n) is 15.2. The molecule has 2 nitrogen and oxygen atoms in total. The molecule has 118 valence electrons. The molecule has 0 aliphatic heterocycles. The average molecular weight is 288 g/mol. The molecule has 0 heterocycles. The maximum absolute atomic E-state index is 2.62. The lowest BCUT2D eigenvalue weighted by molar-refractivity contribution is 0.228. The second-order valence-electron chi connectivity index (χ2n) is 7.05. The summed E-state index contributed by atoms with van der Waals surface area (Å²) in [5.41, 5.74) is 1.39. The van der Waals surface area contributed by atoms with Gasteiger partial charge in [0.05, 0.1) is 0 Å². The Morgan fingerprint density at radius 2 is 0.952 bits per heavy atom. The maximum atomic E-state index is 2.62. The van der Waals surface area contributed by atoms with Gasteiger partial charge in [-0.2, -0.15) is 0 Å². The first kappa shape index (κ1) is 18.3. The molecule has 1 rings (SSSR count). The highest BCUT2D eigenvalue weighted by Gasteiger charge is 2.37. The third-order valence-corrected chi connectivity index (χ3v) is 4.05. The van der Waals surface area contributed by atoms with Crippen molar-refractivity contribution in [3.05, 3.63) is 30.3 Å². The summed E-state index contributed by atoms with van der Waals surface area (Å²) < 4.78 is 0. The monoisotopic (exact) mass is 288 g/mol. The normalized spacial score (nSPS) is 12.5. The molecule has 0 fully saturated rings. The second-order valence-corrected chi connectivity index (χ2v) is 7.05. The molecule has 21 heavy (non-hydrogen) atoms. The fourth-order valence-corrected chi connectivity index (χ4v) is 3.45. The molecule has 0 atom stereocenters. The molecule has 0 spiro atoms. The van der Waals surface area contributed by atoms with Crippen LogP contribution in [0.4, 0.5) is 0 Å². The summed E-state index contributed by atoms with van der Waals surface area (Å²) in [4.78, 5) is 5.24. The first-order valence-electron chi connectivity index (χ1n) is 8.37. The van der Waals surface area contributed by atoms with Crippen LogP contribution in [0.15, 0.2) is 30.3 Å². The van der Waals surface area contributed by atoms with E-state index in [0.29, 0.717) is 31.1 Å². The van der Waals surface area contributed by atoms with Gasteiger partial charge in [-0.3, -0.25) is 0 Å². The van der Waals surface area contributed by atoms with E-state index in [4.69, 9.17) is 0 Å². The van der Waals surface area contributed by atoms with Crippen LogP contribution in [0.5, 0.6) is 0 Å². The third kappa shape index (κ3) is 4.59. The molecule has 0 bridgehead atoms. The van der Waals surface area contributed by atoms with Gasteiger partial charge in [0.25, 0.3) is 0 Å². The predicted molar refractivity (Wildman–Crippen MR) is 96.1 cm³/mol. The van der Waals surface area contributed by atoms with Crippen LogP contribution in [-0.2, 0) is 0 Å². The molecule has 3 heteroatoms. The van der Waals surface area contributed by atoms with Crippen molar-refractivity contribution in [1.29, 1.82) is 0 Å². The van der Waals surface area contributed by atoms with E-state index in [1.165, 1.54) is 5.46 Å². The molecular weight excluding hydrogens is 255 g/mol. The van der Waals surface area contributed by atoms with Gasteiger partial charge in [-0.1, -0.05) is 85.7 Å². The third-order valence-electron chi connectivity index (χ3n) is 4.05. The van der Waals surface area contributed by atoms with E-state index in [9.17, 15) is 0 Å². The van der Waals surface area contributed by atoms with Crippen LogP contribution in [0.1, 0.15) is 55.4 Å². The van der Waals surface area contributed by atoms with Crippen molar-refractivity contribution in [3.8, 4) is 0 Å². The predicted octanol–water partition coefficient (Wildman–Crippen LogP) is 3.62. The SMILES string of the molecule is CC(C)N(B(c1ccccc1)N(C(C)C)C(C)C)C(C)C. The molecule has 0 unspecified atom stereocenters. The fourth-order valence-electron chi connectivity index (χ4n) is 3.45. The van der Waals surface area contributed by atoms with E-state index in [1.54, 1.807) is 0 Å². The first-order valence-corrected chi connectivity index (χ1v) is 8.37. The summed E-state index contributed by atoms with van der Waals surface area (Å²) >= 11 is 0. The van der Waals surface area contributed by atoms with Crippen LogP contribution in [0.2, 0.25) is 0 Å². The van der Waals surface area contributed by atoms with Crippen molar-refractivity contribution >= 4 is 12.4 Å². The van der Waals surface area contributed by atoms with Gasteiger partial charge < -0.3 is 9.62 Å². The summed E-state index contributed by atoms with van der Waals surface area (Å²) in [5.74, 6) is 0. The van der Waals surface area contributed by atoms with Crippen molar-refractivity contribution in [2.45, 2.75) is 79.6 Å². The number of benzene rings is 1. The number of nitrogens with zero attached hydrogens (tertiary/aromatic N) is 2. The Balaban J connectivity index is 3.34. The van der Waals surface area contributed by atoms with Crippen molar-refractivity contribution in [2.24, 2.45) is 0 Å². The molecule has 0 amide bonds. The molecule has 1 aromatic carbocycles. The minimum atomic E-state index is 0.325. The lowest BCUT2D eigenvalue weighted by Crippen LogP contribution is -2.67. The van der Waals surface area contributed by atoms with Crippen molar-refractivity contribution in [2.75, 3.05) is 0 Å². The largest absolute Gasteiger partial charge is 0.347 e.